The molecule has 27 heavy (non-hydrogen) atoms. The highest BCUT2D eigenvalue weighted by Gasteiger charge is 2.50. The summed E-state index contributed by atoms with van der Waals surface area (Å²) in [4.78, 5) is -0.258. The van der Waals surface area contributed by atoms with E-state index >= 15 is 0 Å². The standard InChI is InChI=1S/C19H21FN2O3S.ClH/c1-25-15-8-6-13(7-9-15)19-16-11-21-10-14(16)12-22(19)26(23,24)18-5-3-2-4-17(18)20;/h2-9,14,16,19,21H,10-12H2,1H3;1H/t14-,16-,19+;/m0./s1. The monoisotopic (exact) mass is 412 g/mol. The molecule has 2 aliphatic rings. The minimum Gasteiger partial charge on any atom is -0.497 e. The summed E-state index contributed by atoms with van der Waals surface area (Å²) >= 11 is 0. The molecule has 0 unspecified atom stereocenters. The first-order chi connectivity index (χ1) is 12.5. The second kappa shape index (κ2) is 7.75. The molecular weight excluding hydrogens is 391 g/mol. The minimum absolute atomic E-state index is 0. The molecule has 1 N–H and O–H groups in total. The molecule has 2 aromatic carbocycles. The van der Waals surface area contributed by atoms with Crippen molar-refractivity contribution in [3.8, 4) is 5.75 Å². The molecule has 0 aromatic heterocycles. The summed E-state index contributed by atoms with van der Waals surface area (Å²) in [5.41, 5.74) is 0.905. The number of nitrogens with zero attached hydrogens (tertiary/aromatic N) is 1. The van der Waals surface area contributed by atoms with Crippen LogP contribution >= 0.6 is 12.4 Å². The molecule has 2 aliphatic heterocycles. The second-order valence-corrected chi connectivity index (χ2v) is 8.66. The van der Waals surface area contributed by atoms with Crippen LogP contribution in [0.2, 0.25) is 0 Å². The molecule has 0 aliphatic carbocycles. The van der Waals surface area contributed by atoms with Gasteiger partial charge >= 0.3 is 0 Å². The number of halogens is 2. The Labute approximate surface area is 165 Å². The zero-order chi connectivity index (χ0) is 18.3. The number of nitrogens with one attached hydrogen (secondary N) is 1. The van der Waals surface area contributed by atoms with Gasteiger partial charge in [-0.25, -0.2) is 12.8 Å². The van der Waals surface area contributed by atoms with Gasteiger partial charge in [-0.1, -0.05) is 24.3 Å². The summed E-state index contributed by atoms with van der Waals surface area (Å²) in [6.45, 7) is 1.93. The predicted molar refractivity (Wildman–Crippen MR) is 103 cm³/mol. The molecule has 0 bridgehead atoms. The normalized spacial score (nSPS) is 25.0. The Morgan fingerprint density at radius 2 is 1.81 bits per heavy atom. The first-order valence-corrected chi connectivity index (χ1v) is 10.1. The fourth-order valence-electron chi connectivity index (χ4n) is 4.12. The van der Waals surface area contributed by atoms with Crippen LogP contribution in [0.5, 0.6) is 5.75 Å². The van der Waals surface area contributed by atoms with Crippen LogP contribution in [0.4, 0.5) is 4.39 Å². The summed E-state index contributed by atoms with van der Waals surface area (Å²) in [6.07, 6.45) is 0. The van der Waals surface area contributed by atoms with E-state index in [9.17, 15) is 12.8 Å². The smallest absolute Gasteiger partial charge is 0.246 e. The molecule has 3 atom stereocenters. The number of methoxy groups -OCH3 is 1. The van der Waals surface area contributed by atoms with Crippen molar-refractivity contribution < 1.29 is 17.5 Å². The van der Waals surface area contributed by atoms with E-state index in [4.69, 9.17) is 4.74 Å². The Kier molecular flexibility index (Phi) is 5.76. The first kappa shape index (κ1) is 20.1. The van der Waals surface area contributed by atoms with Crippen molar-refractivity contribution in [3.05, 3.63) is 59.9 Å². The van der Waals surface area contributed by atoms with Crippen LogP contribution in [0.25, 0.3) is 0 Å². The van der Waals surface area contributed by atoms with Gasteiger partial charge in [0, 0.05) is 13.1 Å². The molecule has 0 saturated carbocycles. The highest BCUT2D eigenvalue weighted by atomic mass is 35.5. The fourth-order valence-corrected chi connectivity index (χ4v) is 5.91. The third kappa shape index (κ3) is 3.45. The van der Waals surface area contributed by atoms with Crippen molar-refractivity contribution in [3.63, 3.8) is 0 Å². The number of sulfonamides is 1. The topological polar surface area (TPSA) is 58.6 Å². The van der Waals surface area contributed by atoms with Gasteiger partial charge in [-0.05, 0) is 48.2 Å². The van der Waals surface area contributed by atoms with E-state index in [1.54, 1.807) is 13.2 Å². The van der Waals surface area contributed by atoms with E-state index in [1.165, 1.54) is 22.5 Å². The SMILES string of the molecule is COc1ccc([C@@H]2[C@H]3CNC[C@H]3CN2S(=O)(=O)c2ccccc2F)cc1.Cl. The Bertz CT molecular complexity index is 907. The maximum Gasteiger partial charge on any atom is 0.246 e. The highest BCUT2D eigenvalue weighted by Crippen LogP contribution is 2.45. The summed E-state index contributed by atoms with van der Waals surface area (Å²) in [5, 5.41) is 3.35. The molecule has 8 heteroatoms. The van der Waals surface area contributed by atoms with Crippen LogP contribution in [-0.4, -0.2) is 39.5 Å². The van der Waals surface area contributed by atoms with Crippen LogP contribution in [0.1, 0.15) is 11.6 Å². The van der Waals surface area contributed by atoms with E-state index in [1.807, 2.05) is 24.3 Å². The van der Waals surface area contributed by atoms with Crippen molar-refractivity contribution >= 4 is 22.4 Å². The third-order valence-corrected chi connectivity index (χ3v) is 7.28. The first-order valence-electron chi connectivity index (χ1n) is 8.63. The lowest BCUT2D eigenvalue weighted by molar-refractivity contribution is 0.343. The molecule has 0 amide bonds. The average Bonchev–Trinajstić information content (AvgIpc) is 3.23. The largest absolute Gasteiger partial charge is 0.497 e. The zero-order valence-corrected chi connectivity index (χ0v) is 16.5. The molecule has 2 saturated heterocycles. The van der Waals surface area contributed by atoms with Crippen molar-refractivity contribution in [1.29, 1.82) is 0 Å². The lowest BCUT2D eigenvalue weighted by Crippen LogP contribution is -2.35. The van der Waals surface area contributed by atoms with E-state index < -0.39 is 15.8 Å². The van der Waals surface area contributed by atoms with Gasteiger partial charge in [0.05, 0.1) is 13.2 Å². The minimum atomic E-state index is -3.93. The van der Waals surface area contributed by atoms with Gasteiger partial charge in [0.15, 0.2) is 0 Å². The van der Waals surface area contributed by atoms with Crippen molar-refractivity contribution in [2.24, 2.45) is 11.8 Å². The van der Waals surface area contributed by atoms with Gasteiger partial charge in [-0.3, -0.25) is 0 Å². The van der Waals surface area contributed by atoms with Crippen molar-refractivity contribution in [1.82, 2.24) is 9.62 Å². The predicted octanol–water partition coefficient (Wildman–Crippen LogP) is 2.84. The molecule has 0 radical (unpaired) electrons. The van der Waals surface area contributed by atoms with E-state index in [0.29, 0.717) is 6.54 Å². The Balaban J connectivity index is 0.00000210. The van der Waals surface area contributed by atoms with Crippen LogP contribution in [0.15, 0.2) is 53.4 Å². The zero-order valence-electron chi connectivity index (χ0n) is 14.8. The van der Waals surface area contributed by atoms with Crippen LogP contribution in [0, 0.1) is 17.7 Å². The van der Waals surface area contributed by atoms with E-state index in [2.05, 4.69) is 5.32 Å². The lowest BCUT2D eigenvalue weighted by atomic mass is 9.90. The van der Waals surface area contributed by atoms with Gasteiger partial charge in [-0.15, -0.1) is 12.4 Å². The molecule has 5 nitrogen and oxygen atoms in total. The Hall–Kier alpha value is -1.67. The maximum atomic E-state index is 14.2. The molecule has 2 aromatic rings. The van der Waals surface area contributed by atoms with Crippen LogP contribution < -0.4 is 10.1 Å². The quantitative estimate of drug-likeness (QED) is 0.838. The second-order valence-electron chi connectivity index (χ2n) is 6.81. The van der Waals surface area contributed by atoms with Gasteiger partial charge < -0.3 is 10.1 Å². The number of benzene rings is 2. The Morgan fingerprint density at radius 3 is 2.48 bits per heavy atom. The lowest BCUT2D eigenvalue weighted by Gasteiger charge is -2.28. The van der Waals surface area contributed by atoms with Crippen LogP contribution in [0.3, 0.4) is 0 Å². The van der Waals surface area contributed by atoms with Gasteiger partial charge in [0.1, 0.15) is 16.5 Å². The van der Waals surface area contributed by atoms with Gasteiger partial charge in [0.25, 0.3) is 0 Å². The molecule has 2 fully saturated rings. The average molecular weight is 413 g/mol. The molecular formula is C19H22ClFN2O3S. The summed E-state index contributed by atoms with van der Waals surface area (Å²) in [6, 6.07) is 12.7. The number of fused-ring (bicyclic) bond motifs is 1. The maximum absolute atomic E-state index is 14.2. The van der Waals surface area contributed by atoms with E-state index in [-0.39, 0.29) is 35.2 Å². The molecule has 0 spiro atoms. The molecule has 4 rings (SSSR count). The van der Waals surface area contributed by atoms with Crippen molar-refractivity contribution in [2.45, 2.75) is 10.9 Å². The summed E-state index contributed by atoms with van der Waals surface area (Å²) < 4.78 is 47.4. The summed E-state index contributed by atoms with van der Waals surface area (Å²) in [7, 11) is -2.33. The van der Waals surface area contributed by atoms with Crippen molar-refractivity contribution in [2.75, 3.05) is 26.7 Å². The number of ether oxygens (including phenoxy) is 1. The van der Waals surface area contributed by atoms with Gasteiger partial charge in [-0.2, -0.15) is 4.31 Å². The highest BCUT2D eigenvalue weighted by molar-refractivity contribution is 7.89. The van der Waals surface area contributed by atoms with Gasteiger partial charge in [0.2, 0.25) is 10.0 Å². The number of hydrogen-bond donors (Lipinski definition) is 1. The summed E-state index contributed by atoms with van der Waals surface area (Å²) in [5.74, 6) is 0.404. The fraction of sp³-hybridized carbons (Fsp3) is 0.368. The third-order valence-electron chi connectivity index (χ3n) is 5.40. The molecule has 2 heterocycles. The van der Waals surface area contributed by atoms with Crippen LogP contribution in [-0.2, 0) is 10.0 Å². The Morgan fingerprint density at radius 1 is 1.11 bits per heavy atom. The number of hydrogen-bond acceptors (Lipinski definition) is 4. The number of rotatable bonds is 4. The van der Waals surface area contributed by atoms with E-state index in [0.717, 1.165) is 24.4 Å². The molecule has 146 valence electrons.